The summed E-state index contributed by atoms with van der Waals surface area (Å²) in [4.78, 5) is 33.4. The molecule has 17 heteroatoms. The molecule has 0 bridgehead atoms. The average Bonchev–Trinajstić information content (AvgIpc) is 3.61. The number of aliphatic imine (C=N–C) groups is 1. The zero-order valence-corrected chi connectivity index (χ0v) is 25.9. The first-order valence-corrected chi connectivity index (χ1v) is 16.4. The molecule has 0 atom stereocenters. The van der Waals surface area contributed by atoms with E-state index in [0.717, 1.165) is 34.1 Å². The van der Waals surface area contributed by atoms with Crippen LogP contribution in [0.15, 0.2) is 76.9 Å². The van der Waals surface area contributed by atoms with Crippen LogP contribution in [0.3, 0.4) is 0 Å². The zero-order valence-electron chi connectivity index (χ0n) is 24.2. The van der Waals surface area contributed by atoms with Gasteiger partial charge in [-0.2, -0.15) is 4.99 Å². The van der Waals surface area contributed by atoms with Crippen LogP contribution in [0.2, 0.25) is 0 Å². The highest BCUT2D eigenvalue weighted by Crippen LogP contribution is 3.02. The van der Waals surface area contributed by atoms with Crippen molar-refractivity contribution in [3.63, 3.8) is 0 Å². The molecule has 0 radical (unpaired) electrons. The highest BCUT2D eigenvalue weighted by molar-refractivity contribution is 8.45. The van der Waals surface area contributed by atoms with E-state index in [4.69, 9.17) is 4.74 Å². The summed E-state index contributed by atoms with van der Waals surface area (Å²) >= 11 is 1.10. The first kappa shape index (κ1) is 33.0. The van der Waals surface area contributed by atoms with Gasteiger partial charge in [-0.25, -0.2) is 18.9 Å². The van der Waals surface area contributed by atoms with Crippen LogP contribution in [0.4, 0.5) is 40.0 Å². The van der Waals surface area contributed by atoms with E-state index in [9.17, 15) is 33.4 Å². The fourth-order valence-electron chi connectivity index (χ4n) is 4.47. The summed E-state index contributed by atoms with van der Waals surface area (Å²) in [5, 5.41) is 7.08. The number of urea groups is 1. The average molecular weight is 685 g/mol. The minimum atomic E-state index is -9.80. The second-order valence-corrected chi connectivity index (χ2v) is 13.6. The molecule has 0 saturated carbocycles. The van der Waals surface area contributed by atoms with Crippen molar-refractivity contribution in [3.05, 3.63) is 83.7 Å². The van der Waals surface area contributed by atoms with Gasteiger partial charge in [-0.1, -0.05) is 43.3 Å². The van der Waals surface area contributed by atoms with Gasteiger partial charge in [0.05, 0.1) is 30.3 Å². The van der Waals surface area contributed by atoms with Crippen LogP contribution < -0.4 is 10.2 Å². The number of aromatic nitrogens is 3. The lowest BCUT2D eigenvalue weighted by molar-refractivity contribution is -0.115. The number of amides is 3. The summed E-state index contributed by atoms with van der Waals surface area (Å²) in [5.41, 5.74) is 3.58. The van der Waals surface area contributed by atoms with Crippen molar-refractivity contribution in [2.45, 2.75) is 25.3 Å². The van der Waals surface area contributed by atoms with E-state index in [1.807, 2.05) is 13.0 Å². The molecular weight excluding hydrogens is 658 g/mol. The van der Waals surface area contributed by atoms with Gasteiger partial charge in [0.15, 0.2) is 11.0 Å². The number of amidine groups is 1. The van der Waals surface area contributed by atoms with Gasteiger partial charge in [-0.05, 0) is 73.5 Å². The number of ether oxygens (including phenoxy) is 1. The molecule has 0 unspecified atom stereocenters. The van der Waals surface area contributed by atoms with Crippen molar-refractivity contribution < 1.29 is 38.1 Å². The number of nitrogens with zero attached hydrogens (tertiary/aromatic N) is 5. The Kier molecular flexibility index (Phi) is 8.46. The number of rotatable bonds is 9. The highest BCUT2D eigenvalue weighted by Gasteiger charge is 2.65. The standard InChI is InChI=1S/C29H26F6N6O3S2/c1-18-3-4-21(15-44-12-11-30)25(13-18)41-26(42)16-45-29(41)38-28(43)37-24-10-5-20(14-19(24)2)27-36-17-40(39-27)22-6-8-23(9-7-22)46(31,32,33,34)35/h3-10,13-14,17H,11-12,15-16H2,1-2H3,(H,37,43)/b38-29-. The molecule has 1 N–H and O–H groups in total. The van der Waals surface area contributed by atoms with E-state index in [2.05, 4.69) is 20.4 Å². The van der Waals surface area contributed by atoms with Crippen LogP contribution in [0, 0.1) is 13.8 Å². The Bertz CT molecular complexity index is 1850. The molecule has 3 amide bonds. The number of aryl methyl sites for hydroxylation is 2. The lowest BCUT2D eigenvalue weighted by atomic mass is 10.1. The predicted molar refractivity (Wildman–Crippen MR) is 166 cm³/mol. The zero-order chi connectivity index (χ0) is 33.3. The van der Waals surface area contributed by atoms with Gasteiger partial charge < -0.3 is 10.1 Å². The van der Waals surface area contributed by atoms with Crippen molar-refractivity contribution >= 4 is 50.5 Å². The monoisotopic (exact) mass is 684 g/mol. The van der Waals surface area contributed by atoms with Gasteiger partial charge in [0.2, 0.25) is 5.91 Å². The van der Waals surface area contributed by atoms with Crippen LogP contribution in [-0.4, -0.2) is 50.9 Å². The molecule has 1 aliphatic heterocycles. The largest absolute Gasteiger partial charge is 0.374 e. The number of hydrogen-bond acceptors (Lipinski definition) is 6. The van der Waals surface area contributed by atoms with Gasteiger partial charge in [0.1, 0.15) is 17.9 Å². The van der Waals surface area contributed by atoms with Crippen molar-refractivity contribution in [2.24, 2.45) is 4.99 Å². The minimum absolute atomic E-state index is 0.0658. The van der Waals surface area contributed by atoms with Crippen LogP contribution in [0.1, 0.15) is 16.7 Å². The molecule has 1 aromatic heterocycles. The Hall–Kier alpha value is -4.35. The van der Waals surface area contributed by atoms with Gasteiger partial charge in [0, 0.05) is 16.8 Å². The number of hydrogen-bond donors (Lipinski definition) is 1. The molecule has 244 valence electrons. The van der Waals surface area contributed by atoms with E-state index < -0.39 is 27.8 Å². The summed E-state index contributed by atoms with van der Waals surface area (Å²) < 4.78 is 84.2. The van der Waals surface area contributed by atoms with E-state index in [1.165, 1.54) is 11.2 Å². The normalized spacial score (nSPS) is 16.0. The van der Waals surface area contributed by atoms with Crippen molar-refractivity contribution in [1.29, 1.82) is 0 Å². The van der Waals surface area contributed by atoms with E-state index in [-0.39, 0.29) is 41.6 Å². The molecule has 1 fully saturated rings. The number of benzene rings is 3. The van der Waals surface area contributed by atoms with Gasteiger partial charge in [-0.15, -0.1) is 5.10 Å². The molecule has 1 aliphatic rings. The van der Waals surface area contributed by atoms with E-state index in [1.54, 1.807) is 37.3 Å². The number of thioether (sulfide) groups is 1. The lowest BCUT2D eigenvalue weighted by Crippen LogP contribution is -2.31. The van der Waals surface area contributed by atoms with Crippen LogP contribution in [-0.2, 0) is 16.1 Å². The SMILES string of the molecule is Cc1ccc(COCCF)c(N2C(=O)CS/C2=N\C(=O)Nc2ccc(-c3ncn(-c4ccc(S(F)(F)(F)(F)F)cc4)n3)cc2C)c1. The Labute approximate surface area is 263 Å². The third-order valence-corrected chi connectivity index (χ3v) is 8.77. The molecule has 2 heterocycles. The number of carbonyl (C=O) groups is 2. The van der Waals surface area contributed by atoms with Crippen molar-refractivity contribution in [1.82, 2.24) is 14.8 Å². The number of nitrogens with one attached hydrogen (secondary N) is 1. The number of carbonyl (C=O) groups excluding carboxylic acids is 2. The Morgan fingerprint density at radius 1 is 1.04 bits per heavy atom. The Balaban J connectivity index is 1.31. The van der Waals surface area contributed by atoms with Gasteiger partial charge in [-0.3, -0.25) is 9.69 Å². The molecule has 0 aliphatic carbocycles. The smallest absolute Gasteiger partial charge is 0.347 e. The van der Waals surface area contributed by atoms with Crippen molar-refractivity contribution in [2.75, 3.05) is 29.3 Å². The highest BCUT2D eigenvalue weighted by atomic mass is 32.5. The summed E-state index contributed by atoms with van der Waals surface area (Å²) in [5.74, 6) is -0.0193. The fourth-order valence-corrected chi connectivity index (χ4v) is 5.98. The number of anilines is 2. The second-order valence-electron chi connectivity index (χ2n) is 10.2. The maximum Gasteiger partial charge on any atom is 0.347 e. The molecule has 0 spiro atoms. The maximum atomic E-state index is 13.0. The third-order valence-electron chi connectivity index (χ3n) is 6.69. The topological polar surface area (TPSA) is 102 Å². The van der Waals surface area contributed by atoms with Gasteiger partial charge >= 0.3 is 16.3 Å². The molecule has 9 nitrogen and oxygen atoms in total. The summed E-state index contributed by atoms with van der Waals surface area (Å²) in [6.45, 7) is 2.87. The third kappa shape index (κ3) is 7.54. The van der Waals surface area contributed by atoms with E-state index >= 15 is 0 Å². The molecule has 5 rings (SSSR count). The summed E-state index contributed by atoms with van der Waals surface area (Å²) in [6.07, 6.45) is 1.23. The van der Waals surface area contributed by atoms with Crippen LogP contribution in [0.25, 0.3) is 17.1 Å². The predicted octanol–water partition coefficient (Wildman–Crippen LogP) is 8.36. The molecular formula is C29H26F6N6O3S2. The van der Waals surface area contributed by atoms with Gasteiger partial charge in [0.25, 0.3) is 0 Å². The molecule has 46 heavy (non-hydrogen) atoms. The minimum Gasteiger partial charge on any atom is -0.374 e. The van der Waals surface area contributed by atoms with Crippen LogP contribution in [0.5, 0.6) is 0 Å². The fraction of sp³-hybridized carbons (Fsp3) is 0.207. The quantitative estimate of drug-likeness (QED) is 0.141. The van der Waals surface area contributed by atoms with E-state index in [0.29, 0.717) is 40.2 Å². The molecule has 3 aromatic carbocycles. The maximum absolute atomic E-state index is 13.0. The Morgan fingerprint density at radius 2 is 1.78 bits per heavy atom. The van der Waals surface area contributed by atoms with Crippen molar-refractivity contribution in [3.8, 4) is 17.1 Å². The summed E-state index contributed by atoms with van der Waals surface area (Å²) in [6, 6.07) is 11.8. The molecule has 1 saturated heterocycles. The number of alkyl halides is 1. The second kappa shape index (κ2) is 11.8. The lowest BCUT2D eigenvalue weighted by Gasteiger charge is -2.40. The Morgan fingerprint density at radius 3 is 2.46 bits per heavy atom. The number of halogens is 6. The van der Waals surface area contributed by atoms with Crippen LogP contribution >= 0.6 is 22.0 Å². The summed E-state index contributed by atoms with van der Waals surface area (Å²) in [7, 11) is -9.80. The first-order valence-electron chi connectivity index (χ1n) is 13.5. The first-order chi connectivity index (χ1) is 21.5. The molecule has 4 aromatic rings.